The first-order valence-corrected chi connectivity index (χ1v) is 7.85. The molecule has 1 N–H and O–H groups in total. The van der Waals surface area contributed by atoms with Crippen LogP contribution in [0, 0.1) is 0 Å². The van der Waals surface area contributed by atoms with Crippen molar-refractivity contribution < 1.29 is 0 Å². The normalized spacial score (nSPS) is 11.0. The Balaban J connectivity index is 2.06. The summed E-state index contributed by atoms with van der Waals surface area (Å²) in [6, 6.07) is 16.4. The first-order valence-electron chi connectivity index (χ1n) is 7.85. The van der Waals surface area contributed by atoms with Gasteiger partial charge in [0.05, 0.1) is 5.52 Å². The number of fused-ring (bicyclic) bond motifs is 1. The zero-order valence-electron chi connectivity index (χ0n) is 14.0. The highest BCUT2D eigenvalue weighted by Crippen LogP contribution is 2.27. The van der Waals surface area contributed by atoms with Crippen LogP contribution in [0.25, 0.3) is 10.9 Å². The summed E-state index contributed by atoms with van der Waals surface area (Å²) in [5.74, 6) is 2.00. The summed E-state index contributed by atoms with van der Waals surface area (Å²) in [6.07, 6.45) is 0. The van der Waals surface area contributed by atoms with Gasteiger partial charge in [-0.05, 0) is 30.3 Å². The van der Waals surface area contributed by atoms with E-state index in [0.29, 0.717) is 0 Å². The van der Waals surface area contributed by atoms with Crippen LogP contribution in [-0.4, -0.2) is 24.1 Å². The van der Waals surface area contributed by atoms with Crippen LogP contribution in [-0.2, 0) is 0 Å². The highest BCUT2D eigenvalue weighted by molar-refractivity contribution is 5.91. The van der Waals surface area contributed by atoms with Crippen LogP contribution in [0.3, 0.4) is 0 Å². The van der Waals surface area contributed by atoms with E-state index in [9.17, 15) is 0 Å². The fourth-order valence-electron chi connectivity index (χ4n) is 2.45. The molecule has 0 aliphatic heterocycles. The van der Waals surface area contributed by atoms with Gasteiger partial charge in [0, 0.05) is 36.8 Å². The van der Waals surface area contributed by atoms with Crippen molar-refractivity contribution in [3.63, 3.8) is 0 Å². The van der Waals surface area contributed by atoms with Gasteiger partial charge in [0.25, 0.3) is 0 Å². The van der Waals surface area contributed by atoms with Gasteiger partial charge in [0.1, 0.15) is 11.6 Å². The lowest BCUT2D eigenvalue weighted by Crippen LogP contribution is -2.09. The molecule has 2 aromatic carbocycles. The molecule has 0 saturated carbocycles. The first-order chi connectivity index (χ1) is 11.0. The van der Waals surface area contributed by atoms with Crippen LogP contribution in [0.4, 0.5) is 17.2 Å². The minimum atomic E-state index is 0.285. The predicted molar refractivity (Wildman–Crippen MR) is 97.7 cm³/mol. The van der Waals surface area contributed by atoms with Gasteiger partial charge in [-0.1, -0.05) is 32.0 Å². The average Bonchev–Trinajstić information content (AvgIpc) is 2.55. The van der Waals surface area contributed by atoms with Crippen LogP contribution in [0.15, 0.2) is 48.5 Å². The standard InChI is InChI=1S/C19H22N4/c1-13(2)18-21-17-11-6-5-10-16(17)19(22-18)20-14-8-7-9-15(12-14)23(3)4/h5-13H,1-4H3,(H,20,21,22). The lowest BCUT2D eigenvalue weighted by atomic mass is 10.1. The third-order valence-electron chi connectivity index (χ3n) is 3.76. The molecule has 0 saturated heterocycles. The minimum Gasteiger partial charge on any atom is -0.378 e. The average molecular weight is 306 g/mol. The summed E-state index contributed by atoms with van der Waals surface area (Å²) < 4.78 is 0. The number of aromatic nitrogens is 2. The molecule has 0 aliphatic rings. The second-order valence-electron chi connectivity index (χ2n) is 6.17. The van der Waals surface area contributed by atoms with E-state index in [-0.39, 0.29) is 5.92 Å². The molecule has 3 rings (SSSR count). The maximum absolute atomic E-state index is 4.73. The Morgan fingerprint density at radius 1 is 0.957 bits per heavy atom. The third kappa shape index (κ3) is 3.26. The maximum Gasteiger partial charge on any atom is 0.142 e. The number of hydrogen-bond donors (Lipinski definition) is 1. The van der Waals surface area contributed by atoms with Crippen molar-refractivity contribution in [1.29, 1.82) is 0 Å². The molecule has 118 valence electrons. The number of para-hydroxylation sites is 1. The van der Waals surface area contributed by atoms with Crippen molar-refractivity contribution >= 4 is 28.1 Å². The fraction of sp³-hybridized carbons (Fsp3) is 0.263. The highest BCUT2D eigenvalue weighted by atomic mass is 15.1. The Kier molecular flexibility index (Phi) is 4.15. The van der Waals surface area contributed by atoms with Gasteiger partial charge in [-0.25, -0.2) is 9.97 Å². The zero-order valence-corrected chi connectivity index (χ0v) is 14.0. The van der Waals surface area contributed by atoms with Gasteiger partial charge in [-0.2, -0.15) is 0 Å². The molecule has 3 aromatic rings. The molecular weight excluding hydrogens is 284 g/mol. The molecule has 1 aromatic heterocycles. The summed E-state index contributed by atoms with van der Waals surface area (Å²) in [5.41, 5.74) is 3.14. The van der Waals surface area contributed by atoms with Gasteiger partial charge >= 0.3 is 0 Å². The van der Waals surface area contributed by atoms with E-state index in [1.54, 1.807) is 0 Å². The van der Waals surface area contributed by atoms with Gasteiger partial charge in [-0.3, -0.25) is 0 Å². The number of anilines is 3. The number of hydrogen-bond acceptors (Lipinski definition) is 4. The smallest absolute Gasteiger partial charge is 0.142 e. The SMILES string of the molecule is CC(C)c1nc(Nc2cccc(N(C)C)c2)c2ccccc2n1. The summed E-state index contributed by atoms with van der Waals surface area (Å²) in [5, 5.41) is 4.49. The monoisotopic (exact) mass is 306 g/mol. The largest absolute Gasteiger partial charge is 0.378 e. The maximum atomic E-state index is 4.73. The van der Waals surface area contributed by atoms with E-state index in [0.717, 1.165) is 33.9 Å². The van der Waals surface area contributed by atoms with Crippen molar-refractivity contribution in [2.75, 3.05) is 24.3 Å². The third-order valence-corrected chi connectivity index (χ3v) is 3.76. The zero-order chi connectivity index (χ0) is 16.4. The highest BCUT2D eigenvalue weighted by Gasteiger charge is 2.10. The minimum absolute atomic E-state index is 0.285. The molecule has 0 unspecified atom stereocenters. The van der Waals surface area contributed by atoms with E-state index in [2.05, 4.69) is 53.3 Å². The molecule has 0 aliphatic carbocycles. The molecule has 0 spiro atoms. The van der Waals surface area contributed by atoms with Crippen molar-refractivity contribution in [2.45, 2.75) is 19.8 Å². The molecular formula is C19H22N4. The summed E-state index contributed by atoms with van der Waals surface area (Å²) in [6.45, 7) is 4.22. The second-order valence-corrected chi connectivity index (χ2v) is 6.17. The number of benzene rings is 2. The second kappa shape index (κ2) is 6.24. The van der Waals surface area contributed by atoms with Crippen LogP contribution >= 0.6 is 0 Å². The molecule has 0 fully saturated rings. The van der Waals surface area contributed by atoms with Crippen molar-refractivity contribution in [2.24, 2.45) is 0 Å². The topological polar surface area (TPSA) is 41.1 Å². The lowest BCUT2D eigenvalue weighted by molar-refractivity contribution is 0.785. The van der Waals surface area contributed by atoms with Gasteiger partial charge in [-0.15, -0.1) is 0 Å². The summed E-state index contributed by atoms with van der Waals surface area (Å²) >= 11 is 0. The van der Waals surface area contributed by atoms with E-state index in [4.69, 9.17) is 4.98 Å². The Morgan fingerprint density at radius 2 is 1.74 bits per heavy atom. The van der Waals surface area contributed by atoms with Crippen LogP contribution in [0.5, 0.6) is 0 Å². The van der Waals surface area contributed by atoms with Crippen molar-refractivity contribution in [3.05, 3.63) is 54.4 Å². The van der Waals surface area contributed by atoms with E-state index in [1.165, 1.54) is 0 Å². The summed E-state index contributed by atoms with van der Waals surface area (Å²) in [4.78, 5) is 11.5. The number of nitrogens with one attached hydrogen (secondary N) is 1. The number of nitrogens with zero attached hydrogens (tertiary/aromatic N) is 3. The molecule has 1 heterocycles. The van der Waals surface area contributed by atoms with Crippen LogP contribution < -0.4 is 10.2 Å². The molecule has 23 heavy (non-hydrogen) atoms. The van der Waals surface area contributed by atoms with Crippen LogP contribution in [0.1, 0.15) is 25.6 Å². The van der Waals surface area contributed by atoms with Gasteiger partial charge < -0.3 is 10.2 Å². The van der Waals surface area contributed by atoms with Gasteiger partial charge in [0.2, 0.25) is 0 Å². The van der Waals surface area contributed by atoms with Crippen molar-refractivity contribution in [1.82, 2.24) is 9.97 Å². The predicted octanol–water partition coefficient (Wildman–Crippen LogP) is 4.56. The quantitative estimate of drug-likeness (QED) is 0.767. The Bertz CT molecular complexity index is 824. The van der Waals surface area contributed by atoms with E-state index >= 15 is 0 Å². The van der Waals surface area contributed by atoms with E-state index in [1.807, 2.05) is 38.4 Å². The molecule has 0 radical (unpaired) electrons. The number of rotatable bonds is 4. The summed E-state index contributed by atoms with van der Waals surface area (Å²) in [7, 11) is 4.08. The van der Waals surface area contributed by atoms with Crippen molar-refractivity contribution in [3.8, 4) is 0 Å². The molecule has 0 bridgehead atoms. The lowest BCUT2D eigenvalue weighted by Gasteiger charge is -2.16. The Hall–Kier alpha value is -2.62. The fourth-order valence-corrected chi connectivity index (χ4v) is 2.45. The van der Waals surface area contributed by atoms with E-state index < -0.39 is 0 Å². The Morgan fingerprint density at radius 3 is 2.48 bits per heavy atom. The van der Waals surface area contributed by atoms with Crippen LogP contribution in [0.2, 0.25) is 0 Å². The Labute approximate surface area is 137 Å². The molecule has 0 atom stereocenters. The molecule has 0 amide bonds. The molecule has 4 nitrogen and oxygen atoms in total. The first kappa shape index (κ1) is 15.3. The molecule has 4 heteroatoms. The van der Waals surface area contributed by atoms with Gasteiger partial charge in [0.15, 0.2) is 0 Å².